The first-order valence-corrected chi connectivity index (χ1v) is 8.97. The molecular weight excluding hydrogens is 350 g/mol. The standard InChI is InChI=1S/C20H18ClN3O2/c1-13-6-4-7-14(12-13)18-22-19(26-23-18)17-10-5-11-24(17)20(25)15-8-2-3-9-16(15)21/h2-4,6-9,12,17H,5,10-11H2,1H3/t17-/m0/s1. The van der Waals surface area contributed by atoms with Crippen molar-refractivity contribution in [1.82, 2.24) is 15.0 Å². The van der Waals surface area contributed by atoms with Gasteiger partial charge in [0.25, 0.3) is 5.91 Å². The molecular formula is C20H18ClN3O2. The van der Waals surface area contributed by atoms with Crippen LogP contribution in [0.2, 0.25) is 5.02 Å². The molecule has 0 aliphatic carbocycles. The molecule has 26 heavy (non-hydrogen) atoms. The highest BCUT2D eigenvalue weighted by atomic mass is 35.5. The van der Waals surface area contributed by atoms with Crippen molar-refractivity contribution in [3.05, 3.63) is 70.6 Å². The Morgan fingerprint density at radius 2 is 2.08 bits per heavy atom. The molecule has 0 unspecified atom stereocenters. The molecule has 4 rings (SSSR count). The number of aromatic nitrogens is 2. The molecule has 1 saturated heterocycles. The maximum atomic E-state index is 12.9. The van der Waals surface area contributed by atoms with Gasteiger partial charge in [0, 0.05) is 12.1 Å². The predicted molar refractivity (Wildman–Crippen MR) is 98.9 cm³/mol. The third-order valence-corrected chi connectivity index (χ3v) is 4.95. The molecule has 5 nitrogen and oxygen atoms in total. The van der Waals surface area contributed by atoms with Gasteiger partial charge in [-0.1, -0.05) is 52.7 Å². The Bertz CT molecular complexity index is 953. The first kappa shape index (κ1) is 16.8. The number of carbonyl (C=O) groups is 1. The van der Waals surface area contributed by atoms with Gasteiger partial charge in [-0.2, -0.15) is 4.98 Å². The number of rotatable bonds is 3. The fraction of sp³-hybridized carbons (Fsp3) is 0.250. The van der Waals surface area contributed by atoms with Gasteiger partial charge in [0.2, 0.25) is 11.7 Å². The van der Waals surface area contributed by atoms with E-state index in [0.717, 1.165) is 24.0 Å². The summed E-state index contributed by atoms with van der Waals surface area (Å²) in [6, 6.07) is 14.8. The van der Waals surface area contributed by atoms with Crippen LogP contribution in [0.5, 0.6) is 0 Å². The summed E-state index contributed by atoms with van der Waals surface area (Å²) in [7, 11) is 0. The molecule has 2 heterocycles. The highest BCUT2D eigenvalue weighted by molar-refractivity contribution is 6.33. The lowest BCUT2D eigenvalue weighted by molar-refractivity contribution is 0.0710. The van der Waals surface area contributed by atoms with E-state index < -0.39 is 0 Å². The van der Waals surface area contributed by atoms with E-state index >= 15 is 0 Å². The van der Waals surface area contributed by atoms with Crippen molar-refractivity contribution in [2.45, 2.75) is 25.8 Å². The third kappa shape index (κ3) is 3.10. The quantitative estimate of drug-likeness (QED) is 0.674. The van der Waals surface area contributed by atoms with E-state index in [9.17, 15) is 4.79 Å². The van der Waals surface area contributed by atoms with E-state index in [1.807, 2.05) is 43.3 Å². The Morgan fingerprint density at radius 1 is 1.23 bits per heavy atom. The van der Waals surface area contributed by atoms with Gasteiger partial charge in [-0.05, 0) is 38.0 Å². The van der Waals surface area contributed by atoms with Gasteiger partial charge >= 0.3 is 0 Å². The summed E-state index contributed by atoms with van der Waals surface area (Å²) in [5.74, 6) is 0.911. The van der Waals surface area contributed by atoms with Crippen molar-refractivity contribution in [3.8, 4) is 11.4 Å². The molecule has 132 valence electrons. The van der Waals surface area contributed by atoms with Crippen molar-refractivity contribution in [2.75, 3.05) is 6.54 Å². The van der Waals surface area contributed by atoms with Gasteiger partial charge in [0.15, 0.2) is 0 Å². The molecule has 1 fully saturated rings. The van der Waals surface area contributed by atoms with Crippen LogP contribution in [0.4, 0.5) is 0 Å². The fourth-order valence-electron chi connectivity index (χ4n) is 3.33. The lowest BCUT2D eigenvalue weighted by Crippen LogP contribution is -2.30. The van der Waals surface area contributed by atoms with Crippen molar-refractivity contribution in [1.29, 1.82) is 0 Å². The maximum absolute atomic E-state index is 12.9. The van der Waals surface area contributed by atoms with Crippen molar-refractivity contribution in [3.63, 3.8) is 0 Å². The van der Waals surface area contributed by atoms with Crippen LogP contribution in [0.1, 0.15) is 40.7 Å². The van der Waals surface area contributed by atoms with E-state index in [2.05, 4.69) is 10.1 Å². The van der Waals surface area contributed by atoms with Gasteiger partial charge in [-0.3, -0.25) is 4.79 Å². The number of benzene rings is 2. The number of aryl methyl sites for hydroxylation is 1. The zero-order valence-electron chi connectivity index (χ0n) is 14.4. The van der Waals surface area contributed by atoms with E-state index in [0.29, 0.717) is 28.8 Å². The van der Waals surface area contributed by atoms with Crippen LogP contribution in [-0.2, 0) is 0 Å². The number of halogens is 1. The van der Waals surface area contributed by atoms with E-state index in [1.165, 1.54) is 0 Å². The Hall–Kier alpha value is -2.66. The molecule has 0 saturated carbocycles. The Balaban J connectivity index is 1.61. The molecule has 0 N–H and O–H groups in total. The number of likely N-dealkylation sites (tertiary alicyclic amines) is 1. The largest absolute Gasteiger partial charge is 0.337 e. The summed E-state index contributed by atoms with van der Waals surface area (Å²) >= 11 is 6.19. The minimum atomic E-state index is -0.218. The van der Waals surface area contributed by atoms with Crippen molar-refractivity contribution >= 4 is 17.5 Å². The molecule has 0 radical (unpaired) electrons. The van der Waals surface area contributed by atoms with Gasteiger partial charge in [0.1, 0.15) is 6.04 Å². The van der Waals surface area contributed by atoms with Gasteiger partial charge < -0.3 is 9.42 Å². The number of hydrogen-bond donors (Lipinski definition) is 0. The van der Waals surface area contributed by atoms with Crippen LogP contribution >= 0.6 is 11.6 Å². The van der Waals surface area contributed by atoms with Crippen LogP contribution in [-0.4, -0.2) is 27.5 Å². The molecule has 2 aromatic carbocycles. The topological polar surface area (TPSA) is 59.2 Å². The Labute approximate surface area is 156 Å². The van der Waals surface area contributed by atoms with Gasteiger partial charge in [0.05, 0.1) is 10.6 Å². The molecule has 0 bridgehead atoms. The summed E-state index contributed by atoms with van der Waals surface area (Å²) in [4.78, 5) is 19.2. The van der Waals surface area contributed by atoms with Crippen molar-refractivity contribution in [2.24, 2.45) is 0 Å². The zero-order valence-corrected chi connectivity index (χ0v) is 15.1. The second-order valence-electron chi connectivity index (χ2n) is 6.46. The average molecular weight is 368 g/mol. The highest BCUT2D eigenvalue weighted by Crippen LogP contribution is 2.34. The van der Waals surface area contributed by atoms with E-state index in [-0.39, 0.29) is 11.9 Å². The third-order valence-electron chi connectivity index (χ3n) is 4.62. The van der Waals surface area contributed by atoms with Crippen LogP contribution in [0, 0.1) is 6.92 Å². The fourth-order valence-corrected chi connectivity index (χ4v) is 3.54. The molecule has 3 aromatic rings. The normalized spacial score (nSPS) is 16.8. The minimum Gasteiger partial charge on any atom is -0.337 e. The summed E-state index contributed by atoms with van der Waals surface area (Å²) < 4.78 is 5.50. The van der Waals surface area contributed by atoms with Crippen LogP contribution < -0.4 is 0 Å². The zero-order chi connectivity index (χ0) is 18.1. The van der Waals surface area contributed by atoms with E-state index in [4.69, 9.17) is 16.1 Å². The first-order valence-electron chi connectivity index (χ1n) is 8.59. The number of amides is 1. The average Bonchev–Trinajstić information content (AvgIpc) is 3.31. The molecule has 1 aliphatic rings. The first-order chi connectivity index (χ1) is 12.6. The lowest BCUT2D eigenvalue weighted by Gasteiger charge is -2.22. The Morgan fingerprint density at radius 3 is 2.88 bits per heavy atom. The number of carbonyl (C=O) groups excluding carboxylic acids is 1. The summed E-state index contributed by atoms with van der Waals surface area (Å²) in [6.45, 7) is 2.67. The molecule has 6 heteroatoms. The van der Waals surface area contributed by atoms with Crippen molar-refractivity contribution < 1.29 is 9.32 Å². The smallest absolute Gasteiger partial charge is 0.256 e. The predicted octanol–water partition coefficient (Wildman–Crippen LogP) is 4.68. The highest BCUT2D eigenvalue weighted by Gasteiger charge is 2.35. The van der Waals surface area contributed by atoms with E-state index in [1.54, 1.807) is 17.0 Å². The summed E-state index contributed by atoms with van der Waals surface area (Å²) in [5, 5.41) is 4.56. The van der Waals surface area contributed by atoms with Crippen LogP contribution in [0.25, 0.3) is 11.4 Å². The molecule has 1 amide bonds. The van der Waals surface area contributed by atoms with Gasteiger partial charge in [-0.15, -0.1) is 0 Å². The SMILES string of the molecule is Cc1cccc(-c2noc([C@@H]3CCCN3C(=O)c3ccccc3Cl)n2)c1. The summed E-state index contributed by atoms with van der Waals surface area (Å²) in [5.41, 5.74) is 2.53. The number of nitrogens with zero attached hydrogens (tertiary/aromatic N) is 3. The minimum absolute atomic E-state index is 0.103. The monoisotopic (exact) mass is 367 g/mol. The van der Waals surface area contributed by atoms with Crippen LogP contribution in [0.15, 0.2) is 53.1 Å². The molecule has 0 spiro atoms. The molecule has 1 aromatic heterocycles. The number of hydrogen-bond acceptors (Lipinski definition) is 4. The second kappa shape index (κ2) is 6.92. The maximum Gasteiger partial charge on any atom is 0.256 e. The van der Waals surface area contributed by atoms with Crippen LogP contribution in [0.3, 0.4) is 0 Å². The molecule has 1 atom stereocenters. The molecule has 1 aliphatic heterocycles. The lowest BCUT2D eigenvalue weighted by atomic mass is 10.1. The second-order valence-corrected chi connectivity index (χ2v) is 6.87. The summed E-state index contributed by atoms with van der Waals surface area (Å²) in [6.07, 6.45) is 1.69. The Kier molecular flexibility index (Phi) is 4.47. The van der Waals surface area contributed by atoms with Gasteiger partial charge in [-0.25, -0.2) is 0 Å².